The SMILES string of the molecule is CCSc1cc(C(C)CC)ccc1O. The van der Waals surface area contributed by atoms with Gasteiger partial charge in [-0.25, -0.2) is 0 Å². The lowest BCUT2D eigenvalue weighted by Gasteiger charge is -2.11. The first-order valence-corrected chi connectivity index (χ1v) is 6.13. The van der Waals surface area contributed by atoms with Gasteiger partial charge in [0, 0.05) is 4.90 Å². The van der Waals surface area contributed by atoms with E-state index in [9.17, 15) is 5.11 Å². The van der Waals surface area contributed by atoms with Crippen LogP contribution in [0, 0.1) is 0 Å². The molecule has 14 heavy (non-hydrogen) atoms. The van der Waals surface area contributed by atoms with Crippen LogP contribution in [-0.2, 0) is 0 Å². The normalized spacial score (nSPS) is 12.8. The molecule has 0 fully saturated rings. The third-order valence-electron chi connectivity index (χ3n) is 2.47. The maximum Gasteiger partial charge on any atom is 0.129 e. The second-order valence-electron chi connectivity index (χ2n) is 3.47. The van der Waals surface area contributed by atoms with Gasteiger partial charge in [0.15, 0.2) is 0 Å². The highest BCUT2D eigenvalue weighted by Gasteiger charge is 2.06. The smallest absolute Gasteiger partial charge is 0.129 e. The van der Waals surface area contributed by atoms with E-state index >= 15 is 0 Å². The van der Waals surface area contributed by atoms with Crippen molar-refractivity contribution >= 4 is 11.8 Å². The number of aromatic hydroxyl groups is 1. The van der Waals surface area contributed by atoms with Crippen molar-refractivity contribution in [2.75, 3.05) is 5.75 Å². The number of thioether (sulfide) groups is 1. The number of phenols is 1. The summed E-state index contributed by atoms with van der Waals surface area (Å²) in [6.07, 6.45) is 1.14. The zero-order valence-electron chi connectivity index (χ0n) is 9.08. The Morgan fingerprint density at radius 3 is 2.64 bits per heavy atom. The number of phenolic OH excluding ortho intramolecular Hbond substituents is 1. The fourth-order valence-corrected chi connectivity index (χ4v) is 2.09. The molecular weight excluding hydrogens is 192 g/mol. The molecule has 1 N–H and O–H groups in total. The number of benzene rings is 1. The van der Waals surface area contributed by atoms with E-state index in [1.165, 1.54) is 5.56 Å². The molecule has 0 amide bonds. The van der Waals surface area contributed by atoms with Crippen molar-refractivity contribution in [3.05, 3.63) is 23.8 Å². The molecule has 1 unspecified atom stereocenters. The van der Waals surface area contributed by atoms with Crippen LogP contribution in [-0.4, -0.2) is 10.9 Å². The van der Waals surface area contributed by atoms with Crippen LogP contribution >= 0.6 is 11.8 Å². The zero-order chi connectivity index (χ0) is 10.6. The van der Waals surface area contributed by atoms with Crippen LogP contribution in [0.3, 0.4) is 0 Å². The molecule has 0 spiro atoms. The van der Waals surface area contributed by atoms with Gasteiger partial charge >= 0.3 is 0 Å². The van der Waals surface area contributed by atoms with Gasteiger partial charge in [-0.2, -0.15) is 0 Å². The van der Waals surface area contributed by atoms with E-state index in [2.05, 4.69) is 26.8 Å². The highest BCUT2D eigenvalue weighted by molar-refractivity contribution is 7.99. The summed E-state index contributed by atoms with van der Waals surface area (Å²) in [5, 5.41) is 9.60. The van der Waals surface area contributed by atoms with Crippen molar-refractivity contribution in [3.63, 3.8) is 0 Å². The third kappa shape index (κ3) is 2.68. The molecule has 1 rings (SSSR count). The van der Waals surface area contributed by atoms with Crippen molar-refractivity contribution in [3.8, 4) is 5.75 Å². The van der Waals surface area contributed by atoms with Crippen LogP contribution in [0.25, 0.3) is 0 Å². The van der Waals surface area contributed by atoms with E-state index in [0.29, 0.717) is 11.7 Å². The van der Waals surface area contributed by atoms with Gasteiger partial charge in [-0.3, -0.25) is 0 Å². The lowest BCUT2D eigenvalue weighted by molar-refractivity contribution is 0.461. The maximum atomic E-state index is 9.60. The Morgan fingerprint density at radius 2 is 2.07 bits per heavy atom. The summed E-state index contributed by atoms with van der Waals surface area (Å²) in [5.74, 6) is 1.98. The second-order valence-corrected chi connectivity index (χ2v) is 4.78. The van der Waals surface area contributed by atoms with Crippen molar-refractivity contribution in [2.24, 2.45) is 0 Å². The molecule has 78 valence electrons. The molecule has 0 saturated carbocycles. The van der Waals surface area contributed by atoms with Crippen molar-refractivity contribution in [1.29, 1.82) is 0 Å². The predicted molar refractivity (Wildman–Crippen MR) is 63.2 cm³/mol. The van der Waals surface area contributed by atoms with Gasteiger partial charge in [0.2, 0.25) is 0 Å². The predicted octanol–water partition coefficient (Wildman–Crippen LogP) is 4.02. The third-order valence-corrected chi connectivity index (χ3v) is 3.39. The van der Waals surface area contributed by atoms with Crippen molar-refractivity contribution < 1.29 is 5.11 Å². The van der Waals surface area contributed by atoms with Gasteiger partial charge < -0.3 is 5.11 Å². The quantitative estimate of drug-likeness (QED) is 0.757. The van der Waals surface area contributed by atoms with E-state index < -0.39 is 0 Å². The van der Waals surface area contributed by atoms with E-state index in [1.54, 1.807) is 17.8 Å². The van der Waals surface area contributed by atoms with Gasteiger partial charge in [0.25, 0.3) is 0 Å². The number of hydrogen-bond donors (Lipinski definition) is 1. The molecule has 0 aliphatic rings. The summed E-state index contributed by atoms with van der Waals surface area (Å²) in [7, 11) is 0. The Hall–Kier alpha value is -0.630. The fourth-order valence-electron chi connectivity index (χ4n) is 1.34. The maximum absolute atomic E-state index is 9.60. The molecule has 0 bridgehead atoms. The Balaban J connectivity index is 2.93. The lowest BCUT2D eigenvalue weighted by atomic mass is 9.99. The summed E-state index contributed by atoms with van der Waals surface area (Å²) >= 11 is 1.69. The molecule has 0 aliphatic carbocycles. The first-order valence-electron chi connectivity index (χ1n) is 5.14. The Labute approximate surface area is 90.5 Å². The largest absolute Gasteiger partial charge is 0.507 e. The van der Waals surface area contributed by atoms with Crippen molar-refractivity contribution in [1.82, 2.24) is 0 Å². The first kappa shape index (κ1) is 11.4. The molecule has 0 radical (unpaired) electrons. The highest BCUT2D eigenvalue weighted by Crippen LogP contribution is 2.31. The minimum Gasteiger partial charge on any atom is -0.507 e. The number of rotatable bonds is 4. The minimum absolute atomic E-state index is 0.406. The topological polar surface area (TPSA) is 20.2 Å². The molecule has 0 saturated heterocycles. The van der Waals surface area contributed by atoms with Gasteiger partial charge in [-0.15, -0.1) is 11.8 Å². The molecule has 2 heteroatoms. The van der Waals surface area contributed by atoms with E-state index in [1.807, 2.05) is 6.07 Å². The van der Waals surface area contributed by atoms with Crippen LogP contribution in [0.15, 0.2) is 23.1 Å². The summed E-state index contributed by atoms with van der Waals surface area (Å²) in [5.41, 5.74) is 1.32. The molecule has 0 heterocycles. The summed E-state index contributed by atoms with van der Waals surface area (Å²) < 4.78 is 0. The van der Waals surface area contributed by atoms with Gasteiger partial charge in [-0.05, 0) is 35.8 Å². The Kier molecular flexibility index (Phi) is 4.33. The van der Waals surface area contributed by atoms with Gasteiger partial charge in [-0.1, -0.05) is 26.8 Å². The van der Waals surface area contributed by atoms with Crippen LogP contribution in [0.2, 0.25) is 0 Å². The molecule has 0 aromatic heterocycles. The second kappa shape index (κ2) is 5.30. The number of hydrogen-bond acceptors (Lipinski definition) is 2. The first-order chi connectivity index (χ1) is 6.69. The minimum atomic E-state index is 0.406. The summed E-state index contributed by atoms with van der Waals surface area (Å²) in [6, 6.07) is 5.93. The molecule has 1 nitrogen and oxygen atoms in total. The van der Waals surface area contributed by atoms with E-state index in [4.69, 9.17) is 0 Å². The Bertz CT molecular complexity index is 296. The average Bonchev–Trinajstić information content (AvgIpc) is 2.20. The average molecular weight is 210 g/mol. The summed E-state index contributed by atoms with van der Waals surface area (Å²) in [4.78, 5) is 1.00. The van der Waals surface area contributed by atoms with Crippen molar-refractivity contribution in [2.45, 2.75) is 38.0 Å². The standard InChI is InChI=1S/C12H18OS/c1-4-9(3)10-6-7-11(13)12(8-10)14-5-2/h6-9,13H,4-5H2,1-3H3. The molecular formula is C12H18OS. The monoisotopic (exact) mass is 210 g/mol. The molecule has 1 atom stereocenters. The van der Waals surface area contributed by atoms with Crippen LogP contribution in [0.4, 0.5) is 0 Å². The fraction of sp³-hybridized carbons (Fsp3) is 0.500. The zero-order valence-corrected chi connectivity index (χ0v) is 9.90. The molecule has 1 aromatic carbocycles. The molecule has 0 aliphatic heterocycles. The Morgan fingerprint density at radius 1 is 1.36 bits per heavy atom. The van der Waals surface area contributed by atoms with Gasteiger partial charge in [0.05, 0.1) is 0 Å². The lowest BCUT2D eigenvalue weighted by Crippen LogP contribution is -1.91. The highest BCUT2D eigenvalue weighted by atomic mass is 32.2. The van der Waals surface area contributed by atoms with Crippen LogP contribution < -0.4 is 0 Å². The van der Waals surface area contributed by atoms with E-state index in [0.717, 1.165) is 17.1 Å². The van der Waals surface area contributed by atoms with E-state index in [-0.39, 0.29) is 0 Å². The molecule has 1 aromatic rings. The van der Waals surface area contributed by atoms with Gasteiger partial charge in [0.1, 0.15) is 5.75 Å². The summed E-state index contributed by atoms with van der Waals surface area (Å²) in [6.45, 7) is 6.50. The van der Waals surface area contributed by atoms with Crippen LogP contribution in [0.5, 0.6) is 5.75 Å². The van der Waals surface area contributed by atoms with Crippen LogP contribution in [0.1, 0.15) is 38.7 Å².